The van der Waals surface area contributed by atoms with Crippen LogP contribution in [0.1, 0.15) is 150 Å². The van der Waals surface area contributed by atoms with Gasteiger partial charge in [-0.1, -0.05) is 289 Å². The number of hydrogen-bond acceptors (Lipinski definition) is 0. The van der Waals surface area contributed by atoms with Gasteiger partial charge in [0.2, 0.25) is 0 Å². The summed E-state index contributed by atoms with van der Waals surface area (Å²) in [4.78, 5) is 0. The Kier molecular flexibility index (Phi) is 15.4. The summed E-state index contributed by atoms with van der Waals surface area (Å²) in [5.41, 5.74) is 59.2. The summed E-state index contributed by atoms with van der Waals surface area (Å²) in [5.74, 6) is 0. The molecule has 0 fully saturated rings. The highest BCUT2D eigenvalue weighted by molar-refractivity contribution is 6.14. The number of nitrogens with zero attached hydrogens (tertiary/aromatic N) is 3. The van der Waals surface area contributed by atoms with Crippen LogP contribution in [0.25, 0.3) is 221 Å². The van der Waals surface area contributed by atoms with Crippen LogP contribution >= 0.6 is 0 Å². The molecule has 3 heterocycles. The van der Waals surface area contributed by atoms with E-state index in [9.17, 15) is 0 Å². The van der Waals surface area contributed by atoms with Gasteiger partial charge in [-0.05, 0) is 356 Å². The summed E-state index contributed by atoms with van der Waals surface area (Å²) in [6.07, 6.45) is 0. The van der Waals surface area contributed by atoms with E-state index in [4.69, 9.17) is 0 Å². The summed E-state index contributed by atoms with van der Waals surface area (Å²) < 4.78 is 7.06. The maximum absolute atomic E-state index is 2.50. The molecule has 21 aromatic rings. The topological polar surface area (TPSA) is 14.8 Å². The molecule has 0 N–H and O–H groups in total. The lowest BCUT2D eigenvalue weighted by molar-refractivity contribution is 0.659. The van der Waals surface area contributed by atoms with Gasteiger partial charge >= 0.3 is 0 Å². The van der Waals surface area contributed by atoms with Gasteiger partial charge in [-0.3, -0.25) is 0 Å². The van der Waals surface area contributed by atoms with Crippen LogP contribution in [0.4, 0.5) is 0 Å². The summed E-state index contributed by atoms with van der Waals surface area (Å²) in [6.45, 7) is 29.0. The Balaban J connectivity index is 0.437. The van der Waals surface area contributed by atoms with Crippen LogP contribution in [0.3, 0.4) is 0 Å². The van der Waals surface area contributed by atoms with Crippen LogP contribution in [0.5, 0.6) is 0 Å². The molecule has 0 unspecified atom stereocenters. The van der Waals surface area contributed by atoms with Gasteiger partial charge < -0.3 is 13.7 Å². The predicted octanol–water partition coefficient (Wildman–Crippen LogP) is 33.8. The first-order valence-electron chi connectivity index (χ1n) is 47.4. The molecule has 0 atom stereocenters. The molecule has 0 amide bonds. The monoisotopic (exact) mass is 1690 g/mol. The third-order valence-corrected chi connectivity index (χ3v) is 33.6. The lowest BCUT2D eigenvalue weighted by atomic mass is 9.79. The number of aryl methyl sites for hydroxylation is 3. The third-order valence-electron chi connectivity index (χ3n) is 33.6. The molecule has 0 saturated carbocycles. The average molecular weight is 1690 g/mol. The van der Waals surface area contributed by atoms with Crippen molar-refractivity contribution in [2.24, 2.45) is 21.1 Å². The minimum Gasteiger partial charge on any atom is -0.344 e. The number of fused-ring (bicyclic) bond motifs is 27. The molecule has 0 saturated heterocycles. The predicted molar refractivity (Wildman–Crippen MR) is 557 cm³/mol. The van der Waals surface area contributed by atoms with Crippen LogP contribution in [0.15, 0.2) is 340 Å². The second-order valence-electron chi connectivity index (χ2n) is 42.5. The molecule has 3 aromatic heterocycles. The minimum absolute atomic E-state index is 0.0473. The molecule has 0 bridgehead atoms. The van der Waals surface area contributed by atoms with Crippen molar-refractivity contribution in [3.63, 3.8) is 0 Å². The number of para-hydroxylation sites is 1. The Hall–Kier alpha value is -14.6. The highest BCUT2D eigenvalue weighted by atomic mass is 14.9. The number of benzene rings is 18. The van der Waals surface area contributed by atoms with E-state index in [1.807, 2.05) is 0 Å². The molecule has 3 nitrogen and oxygen atoms in total. The van der Waals surface area contributed by atoms with E-state index < -0.39 is 0 Å². The summed E-state index contributed by atoms with van der Waals surface area (Å²) in [6, 6.07) is 133. The third kappa shape index (κ3) is 10.5. The quantitative estimate of drug-likeness (QED) is 0.144. The van der Waals surface area contributed by atoms with E-state index in [1.165, 1.54) is 288 Å². The van der Waals surface area contributed by atoms with Gasteiger partial charge in [-0.2, -0.15) is 0 Å². The maximum atomic E-state index is 2.50. The van der Waals surface area contributed by atoms with Crippen molar-refractivity contribution < 1.29 is 0 Å². The molecule has 0 radical (unpaired) electrons. The van der Waals surface area contributed by atoms with Crippen molar-refractivity contribution in [1.82, 2.24) is 13.7 Å². The Morgan fingerprint density at radius 3 is 0.485 bits per heavy atom. The van der Waals surface area contributed by atoms with Crippen molar-refractivity contribution in [3.8, 4) is 156 Å². The van der Waals surface area contributed by atoms with E-state index in [2.05, 4.69) is 458 Å². The number of rotatable bonds is 8. The van der Waals surface area contributed by atoms with Gasteiger partial charge in [0.05, 0.1) is 0 Å². The minimum atomic E-state index is -0.226. The standard InChI is InChI=1S/C129H101N3/c1-124(2)106-22-18-16-20-88(106)89-40-29-82(66-107(89)124)83-30-46-95-91-42-25-78(62-109(91)126(5,6)113(95)67-83)73-36-52-120-102(57-73)103-58-74(37-53-121(103)131(120)14)80-27-44-93-98-49-33-86(70-116(98)128(9,10)111(93)64-80)87-34-50-99-94-45-28-81(65-112(94)129(11,12)117(99)71-87)76-39-55-123-105(60-76)104-59-75(38-54-122(104)132(123)15)79-26-43-92-97-48-32-85(69-115(97)127(7,8)110(92)63-79)84-31-47-96-90-41-24-77(61-108(90)125(3,4)114(96)68-84)72-35-51-119-101(56-72)100-21-17-19-23-118(100)130(119)13/h16-71H,1-15H3. The van der Waals surface area contributed by atoms with Crippen molar-refractivity contribution in [1.29, 1.82) is 0 Å². The fourth-order valence-corrected chi connectivity index (χ4v) is 25.9. The zero-order chi connectivity index (χ0) is 89.4. The normalized spacial score (nSPS) is 15.6. The Labute approximate surface area is 772 Å². The Morgan fingerprint density at radius 2 is 0.273 bits per heavy atom. The zero-order valence-corrected chi connectivity index (χ0v) is 77.7. The average Bonchev–Trinajstić information content (AvgIpc) is 1.57. The van der Waals surface area contributed by atoms with Gasteiger partial charge in [0.15, 0.2) is 0 Å². The summed E-state index contributed by atoms with van der Waals surface area (Å²) >= 11 is 0. The number of aromatic nitrogens is 3. The molecule has 6 aliphatic carbocycles. The van der Waals surface area contributed by atoms with Crippen molar-refractivity contribution in [2.75, 3.05) is 0 Å². The van der Waals surface area contributed by atoms with E-state index in [0.29, 0.717) is 0 Å². The fourth-order valence-electron chi connectivity index (χ4n) is 25.9. The SMILES string of the molecule is Cn1c2ccccc2c2cc(-c3ccc4c(c3)C(C)(C)c3cc(-c5ccc6c(c5)C(C)(C)c5cc(-c7ccc8c(c7)c7cc(-c9ccc%10c(c9)C(C)(C)c9cc(-c%11ccc%12c(c%11)C(C)(C)c%11cc(-c%13ccc%14c(c%13)c%13cc(-c%15ccc%16c(c%15)C(C)(C)c%15cc(-c%17ccc%18c(c%17)C(C)(C)c%17ccccc%17-%18)ccc%15-%16)ccc%13n%14C)ccc%11-%12)ccc9-%10)ccc7n8C)ccc5-6)ccc3-4)ccc21. The van der Waals surface area contributed by atoms with Crippen LogP contribution in [-0.2, 0) is 53.6 Å². The highest BCUT2D eigenvalue weighted by Gasteiger charge is 2.44. The van der Waals surface area contributed by atoms with Gasteiger partial charge in [-0.25, -0.2) is 0 Å². The Bertz CT molecular complexity index is 8780. The first kappa shape index (κ1) is 77.3. The summed E-state index contributed by atoms with van der Waals surface area (Å²) in [7, 11) is 6.62. The molecule has 0 spiro atoms. The van der Waals surface area contributed by atoms with Crippen LogP contribution < -0.4 is 0 Å². The maximum Gasteiger partial charge on any atom is 0.0489 e. The van der Waals surface area contributed by atoms with E-state index in [0.717, 1.165) is 0 Å². The second-order valence-corrected chi connectivity index (χ2v) is 42.5. The first-order valence-corrected chi connectivity index (χ1v) is 47.4. The van der Waals surface area contributed by atoms with Crippen molar-refractivity contribution in [3.05, 3.63) is 406 Å². The molecule has 632 valence electrons. The lowest BCUT2D eigenvalue weighted by Crippen LogP contribution is -2.15. The smallest absolute Gasteiger partial charge is 0.0489 e. The highest BCUT2D eigenvalue weighted by Crippen LogP contribution is 2.60. The summed E-state index contributed by atoms with van der Waals surface area (Å²) in [5, 5.41) is 7.70. The molecular weight excluding hydrogens is 1590 g/mol. The van der Waals surface area contributed by atoms with Crippen LogP contribution in [0, 0.1) is 0 Å². The largest absolute Gasteiger partial charge is 0.344 e. The van der Waals surface area contributed by atoms with Gasteiger partial charge in [0, 0.05) is 119 Å². The van der Waals surface area contributed by atoms with Crippen molar-refractivity contribution >= 4 is 65.4 Å². The molecule has 27 rings (SSSR count). The molecule has 18 aromatic carbocycles. The number of hydrogen-bond donors (Lipinski definition) is 0. The van der Waals surface area contributed by atoms with Gasteiger partial charge in [-0.15, -0.1) is 0 Å². The van der Waals surface area contributed by atoms with Crippen molar-refractivity contribution in [2.45, 2.75) is 116 Å². The lowest BCUT2D eigenvalue weighted by Gasteiger charge is -2.24. The van der Waals surface area contributed by atoms with E-state index in [1.54, 1.807) is 0 Å². The molecule has 0 aliphatic heterocycles. The first-order chi connectivity index (χ1) is 63.6. The molecule has 132 heavy (non-hydrogen) atoms. The fraction of sp³-hybridized carbons (Fsp3) is 0.163. The molecule has 6 aliphatic rings. The van der Waals surface area contributed by atoms with Crippen LogP contribution in [-0.4, -0.2) is 13.7 Å². The molecule has 3 heteroatoms. The van der Waals surface area contributed by atoms with E-state index in [-0.39, 0.29) is 32.5 Å². The van der Waals surface area contributed by atoms with E-state index >= 15 is 0 Å². The zero-order valence-electron chi connectivity index (χ0n) is 77.7. The van der Waals surface area contributed by atoms with Gasteiger partial charge in [0.25, 0.3) is 0 Å². The second kappa shape index (κ2) is 26.4. The molecular formula is C129H101N3. The Morgan fingerprint density at radius 1 is 0.129 bits per heavy atom. The van der Waals surface area contributed by atoms with Crippen LogP contribution in [0.2, 0.25) is 0 Å². The van der Waals surface area contributed by atoms with Gasteiger partial charge in [0.1, 0.15) is 0 Å².